The smallest absolute Gasteiger partial charge is 0.0439 e. The Morgan fingerprint density at radius 1 is 1.00 bits per heavy atom. The molecule has 0 bridgehead atoms. The van der Waals surface area contributed by atoms with Crippen LogP contribution in [0.15, 0.2) is 35.9 Å². The molecule has 0 radical (unpaired) electrons. The van der Waals surface area contributed by atoms with E-state index in [0.29, 0.717) is 0 Å². The molecule has 92 valence electrons. The lowest BCUT2D eigenvalue weighted by atomic mass is 9.99. The average Bonchev–Trinajstić information content (AvgIpc) is 2.65. The summed E-state index contributed by atoms with van der Waals surface area (Å²) in [5, 5.41) is 2.80. The Balaban J connectivity index is 2.31. The van der Waals surface area contributed by atoms with Gasteiger partial charge in [0.25, 0.3) is 0 Å². The van der Waals surface area contributed by atoms with Crippen LogP contribution in [-0.4, -0.2) is 8.80 Å². The average molecular weight is 252 g/mol. The molecule has 3 rings (SSSR count). The van der Waals surface area contributed by atoms with Crippen molar-refractivity contribution in [2.75, 3.05) is 0 Å². The fourth-order valence-electron chi connectivity index (χ4n) is 3.35. The molecule has 1 aliphatic rings. The summed E-state index contributed by atoms with van der Waals surface area (Å²) in [6, 6.07) is 11.4. The largest absolute Gasteiger partial charge is 0.0714 e. The van der Waals surface area contributed by atoms with E-state index in [1.807, 2.05) is 0 Å². The van der Waals surface area contributed by atoms with Crippen molar-refractivity contribution in [1.29, 1.82) is 0 Å². The highest BCUT2D eigenvalue weighted by Crippen LogP contribution is 2.41. The molecule has 1 atom stereocenters. The van der Waals surface area contributed by atoms with Gasteiger partial charge in [-0.1, -0.05) is 60.6 Å². The van der Waals surface area contributed by atoms with Gasteiger partial charge in [-0.25, -0.2) is 0 Å². The van der Waals surface area contributed by atoms with Gasteiger partial charge in [-0.15, -0.1) is 0 Å². The van der Waals surface area contributed by atoms with Crippen molar-refractivity contribution in [3.8, 4) is 0 Å². The summed E-state index contributed by atoms with van der Waals surface area (Å²) in [4.78, 5) is 0. The van der Waals surface area contributed by atoms with Crippen molar-refractivity contribution >= 4 is 25.6 Å². The quantitative estimate of drug-likeness (QED) is 0.647. The van der Waals surface area contributed by atoms with Gasteiger partial charge in [-0.05, 0) is 41.3 Å². The van der Waals surface area contributed by atoms with Crippen LogP contribution < -0.4 is 0 Å². The van der Waals surface area contributed by atoms with Gasteiger partial charge >= 0.3 is 0 Å². The van der Waals surface area contributed by atoms with Crippen molar-refractivity contribution in [2.24, 2.45) is 0 Å². The number of hydrogen-bond donors (Lipinski definition) is 0. The van der Waals surface area contributed by atoms with Crippen LogP contribution in [0.1, 0.15) is 29.2 Å². The van der Waals surface area contributed by atoms with Crippen molar-refractivity contribution in [1.82, 2.24) is 0 Å². The highest BCUT2D eigenvalue weighted by molar-refractivity contribution is 6.58. The Kier molecular flexibility index (Phi) is 2.67. The molecule has 18 heavy (non-hydrogen) atoms. The van der Waals surface area contributed by atoms with Crippen molar-refractivity contribution in [3.63, 3.8) is 0 Å². The van der Waals surface area contributed by atoms with Crippen molar-refractivity contribution in [3.05, 3.63) is 52.6 Å². The van der Waals surface area contributed by atoms with Crippen molar-refractivity contribution in [2.45, 2.75) is 32.5 Å². The highest BCUT2D eigenvalue weighted by Gasteiger charge is 2.26. The van der Waals surface area contributed by atoms with Gasteiger partial charge in [-0.2, -0.15) is 0 Å². The van der Waals surface area contributed by atoms with Crippen LogP contribution in [0.4, 0.5) is 0 Å². The predicted molar refractivity (Wildman–Crippen MR) is 84.0 cm³/mol. The third kappa shape index (κ3) is 1.65. The van der Waals surface area contributed by atoms with E-state index in [9.17, 15) is 0 Å². The van der Waals surface area contributed by atoms with E-state index in [1.54, 1.807) is 11.1 Å². The first kappa shape index (κ1) is 11.7. The Labute approximate surface area is 111 Å². The Hall–Kier alpha value is -1.34. The van der Waals surface area contributed by atoms with Crippen LogP contribution in [0.5, 0.6) is 0 Å². The predicted octanol–water partition coefficient (Wildman–Crippen LogP) is 4.67. The molecule has 0 aliphatic heterocycles. The first-order valence-corrected chi connectivity index (χ1v) is 9.77. The number of rotatable bonds is 1. The van der Waals surface area contributed by atoms with Gasteiger partial charge in [0, 0.05) is 8.80 Å². The molecule has 2 aromatic carbocycles. The summed E-state index contributed by atoms with van der Waals surface area (Å²) in [5.74, 6) is 0. The van der Waals surface area contributed by atoms with Gasteiger partial charge < -0.3 is 0 Å². The Morgan fingerprint density at radius 2 is 1.72 bits per heavy atom. The van der Waals surface area contributed by atoms with Crippen LogP contribution in [0.3, 0.4) is 0 Å². The number of hydrogen-bond acceptors (Lipinski definition) is 0. The van der Waals surface area contributed by atoms with Gasteiger partial charge in [0.2, 0.25) is 0 Å². The van der Waals surface area contributed by atoms with Gasteiger partial charge in [-0.3, -0.25) is 0 Å². The second-order valence-electron chi connectivity index (χ2n) is 5.90. The molecule has 0 fully saturated rings. The molecule has 1 unspecified atom stereocenters. The summed E-state index contributed by atoms with van der Waals surface area (Å²) >= 11 is 0. The minimum atomic E-state index is -0.679. The highest BCUT2D eigenvalue weighted by atomic mass is 28.3. The molecule has 0 saturated heterocycles. The summed E-state index contributed by atoms with van der Waals surface area (Å²) < 4.78 is 0. The molecule has 0 spiro atoms. The lowest BCUT2D eigenvalue weighted by Crippen LogP contribution is -2.15. The van der Waals surface area contributed by atoms with Crippen LogP contribution >= 0.6 is 0 Å². The number of aryl methyl sites for hydroxylation is 1. The van der Waals surface area contributed by atoms with E-state index in [0.717, 1.165) is 5.54 Å². The van der Waals surface area contributed by atoms with E-state index >= 15 is 0 Å². The number of benzene rings is 2. The van der Waals surface area contributed by atoms with E-state index in [-0.39, 0.29) is 0 Å². The van der Waals surface area contributed by atoms with Crippen molar-refractivity contribution < 1.29 is 0 Å². The Morgan fingerprint density at radius 3 is 2.44 bits per heavy atom. The molecule has 1 aliphatic carbocycles. The Bertz CT molecular complexity index is 650. The molecule has 0 saturated carbocycles. The SMILES string of the molecule is CC1=Cc2c(ccc3ccc(C)cc23)C1[SiH](C)C. The van der Waals surface area contributed by atoms with Crippen LogP contribution in [0.25, 0.3) is 16.8 Å². The maximum Gasteiger partial charge on any atom is 0.0439 e. The summed E-state index contributed by atoms with van der Waals surface area (Å²) in [7, 11) is -0.679. The lowest BCUT2D eigenvalue weighted by molar-refractivity contribution is 1.11. The van der Waals surface area contributed by atoms with Crippen LogP contribution in [0.2, 0.25) is 13.1 Å². The van der Waals surface area contributed by atoms with Crippen LogP contribution in [-0.2, 0) is 0 Å². The fourth-order valence-corrected chi connectivity index (χ4v) is 5.51. The monoisotopic (exact) mass is 252 g/mol. The maximum atomic E-state index is 2.46. The van der Waals surface area contributed by atoms with Gasteiger partial charge in [0.1, 0.15) is 0 Å². The van der Waals surface area contributed by atoms with E-state index < -0.39 is 8.80 Å². The molecule has 0 heterocycles. The zero-order valence-electron chi connectivity index (χ0n) is 11.6. The molecule has 0 N–H and O–H groups in total. The number of allylic oxidation sites excluding steroid dienone is 1. The maximum absolute atomic E-state index is 2.46. The normalized spacial score (nSPS) is 18.3. The van der Waals surface area contributed by atoms with Crippen LogP contribution in [0, 0.1) is 6.92 Å². The molecule has 0 amide bonds. The minimum absolute atomic E-state index is 0.679. The summed E-state index contributed by atoms with van der Waals surface area (Å²) in [6.07, 6.45) is 2.43. The molecule has 0 aromatic heterocycles. The first-order chi connectivity index (χ1) is 8.58. The third-order valence-electron chi connectivity index (χ3n) is 4.12. The van der Waals surface area contributed by atoms with Gasteiger partial charge in [0.05, 0.1) is 0 Å². The first-order valence-electron chi connectivity index (χ1n) is 6.79. The standard InChI is InChI=1S/C17H20Si/c1-11-5-6-13-7-8-14-16(15(13)9-11)10-12(2)17(14)18(3)4/h5-10,17-18H,1-4H3. The molecular weight excluding hydrogens is 232 g/mol. The molecular formula is C17H20Si. The number of fused-ring (bicyclic) bond motifs is 3. The van der Waals surface area contributed by atoms with E-state index in [1.165, 1.54) is 21.9 Å². The zero-order valence-corrected chi connectivity index (χ0v) is 12.8. The summed E-state index contributed by atoms with van der Waals surface area (Å²) in [5.41, 5.74) is 6.73. The lowest BCUT2D eigenvalue weighted by Gasteiger charge is -2.18. The fraction of sp³-hybridized carbons (Fsp3) is 0.294. The third-order valence-corrected chi connectivity index (χ3v) is 6.33. The summed E-state index contributed by atoms with van der Waals surface area (Å²) in [6.45, 7) is 9.40. The van der Waals surface area contributed by atoms with Gasteiger partial charge in [0.15, 0.2) is 0 Å². The molecule has 1 heteroatoms. The van der Waals surface area contributed by atoms with E-state index in [2.05, 4.69) is 63.3 Å². The molecule has 2 aromatic rings. The topological polar surface area (TPSA) is 0 Å². The van der Waals surface area contributed by atoms with E-state index in [4.69, 9.17) is 0 Å². The second kappa shape index (κ2) is 4.10. The second-order valence-corrected chi connectivity index (χ2v) is 9.06. The minimum Gasteiger partial charge on any atom is -0.0714 e. The molecule has 0 nitrogen and oxygen atoms in total. The zero-order chi connectivity index (χ0) is 12.9.